The number of allylic oxidation sites excluding steroid dienone is 4. The third kappa shape index (κ3) is 8.82. The van der Waals surface area contributed by atoms with Crippen LogP contribution in [-0.4, -0.2) is 0 Å². The zero-order chi connectivity index (χ0) is 7.07. The minimum Gasteiger partial charge on any atom is -0.214 e. The Labute approximate surface area is 118 Å². The third-order valence-corrected chi connectivity index (χ3v) is 1.21. The molecule has 1 aromatic rings. The van der Waals surface area contributed by atoms with Crippen molar-refractivity contribution in [2.45, 2.75) is 6.42 Å². The van der Waals surface area contributed by atoms with E-state index in [2.05, 4.69) is 24.3 Å². The molecule has 2 rings (SSSR count). The van der Waals surface area contributed by atoms with E-state index >= 15 is 0 Å². The first-order valence-corrected chi connectivity index (χ1v) is 3.48. The van der Waals surface area contributed by atoms with Gasteiger partial charge in [0.05, 0.1) is 0 Å². The van der Waals surface area contributed by atoms with Crippen LogP contribution >= 0.6 is 0 Å². The fraction of sp³-hybridized carbons (Fsp3) is 0.100. The molecular weight excluding hydrogens is 316 g/mol. The monoisotopic (exact) mass is 327 g/mol. The van der Waals surface area contributed by atoms with E-state index in [1.165, 1.54) is 0 Å². The van der Waals surface area contributed by atoms with Gasteiger partial charge in [-0.2, -0.15) is 18.2 Å². The quantitative estimate of drug-likeness (QED) is 0.508. The predicted octanol–water partition coefficient (Wildman–Crippen LogP) is 2.91. The minimum absolute atomic E-state index is 0. The van der Waals surface area contributed by atoms with Crippen molar-refractivity contribution in [3.63, 3.8) is 0 Å². The standard InChI is InChI=1S/C5H6.C5H5.Ce.Fe/c2*1-2-4-5-3-1;;/h1-4H,5H2;1-5H;;/q;-1;+3;+2. The van der Waals surface area contributed by atoms with E-state index in [4.69, 9.17) is 0 Å². The summed E-state index contributed by atoms with van der Waals surface area (Å²) in [5.41, 5.74) is 0. The molecule has 1 aliphatic rings. The van der Waals surface area contributed by atoms with Crippen LogP contribution in [0.3, 0.4) is 0 Å². The third-order valence-electron chi connectivity index (χ3n) is 1.21. The Morgan fingerprint density at radius 1 is 0.917 bits per heavy atom. The van der Waals surface area contributed by atoms with Gasteiger partial charge in [0.25, 0.3) is 0 Å². The van der Waals surface area contributed by atoms with Crippen LogP contribution in [0.2, 0.25) is 0 Å². The fourth-order valence-electron chi connectivity index (χ4n) is 0.714. The van der Waals surface area contributed by atoms with Gasteiger partial charge >= 0.3 is 58.8 Å². The first kappa shape index (κ1) is 15.2. The SMILES string of the molecule is C1=CCC=C1.[Ce+3].[Fe+2].c1cc[cH-]c1. The summed E-state index contributed by atoms with van der Waals surface area (Å²) in [6.07, 6.45) is 9.50. The summed E-state index contributed by atoms with van der Waals surface area (Å²) in [4.78, 5) is 0. The molecule has 12 heavy (non-hydrogen) atoms. The smallest absolute Gasteiger partial charge is 0.214 e. The normalized spacial score (nSPS) is 10.7. The number of hydrogen-bond donors (Lipinski definition) is 0. The van der Waals surface area contributed by atoms with Crippen molar-refractivity contribution < 1.29 is 58.8 Å². The molecule has 0 saturated heterocycles. The van der Waals surface area contributed by atoms with Crippen molar-refractivity contribution in [3.05, 3.63) is 54.6 Å². The van der Waals surface area contributed by atoms with Gasteiger partial charge in [0, 0.05) is 0 Å². The maximum atomic E-state index is 2.12. The number of rotatable bonds is 0. The summed E-state index contributed by atoms with van der Waals surface area (Å²) in [6, 6.07) is 10.0. The average Bonchev–Trinajstić information content (AvgIpc) is 2.67. The first-order chi connectivity index (χ1) is 5.00. The molecule has 0 fully saturated rings. The Morgan fingerprint density at radius 3 is 1.58 bits per heavy atom. The zero-order valence-electron chi connectivity index (χ0n) is 6.76. The number of hydrogen-bond acceptors (Lipinski definition) is 0. The Balaban J connectivity index is 0. The summed E-state index contributed by atoms with van der Waals surface area (Å²) in [5.74, 6) is 0. The Morgan fingerprint density at radius 2 is 1.42 bits per heavy atom. The molecule has 0 atom stereocenters. The van der Waals surface area contributed by atoms with E-state index in [1.54, 1.807) is 0 Å². The maximum absolute atomic E-state index is 2.12. The summed E-state index contributed by atoms with van der Waals surface area (Å²) in [6.45, 7) is 0. The topological polar surface area (TPSA) is 0 Å². The van der Waals surface area contributed by atoms with Crippen LogP contribution in [-0.2, 0) is 17.1 Å². The molecule has 0 unspecified atom stereocenters. The van der Waals surface area contributed by atoms with Crippen molar-refractivity contribution in [2.24, 2.45) is 0 Å². The van der Waals surface area contributed by atoms with Gasteiger partial charge in [-0.25, -0.2) is 12.1 Å². The summed E-state index contributed by atoms with van der Waals surface area (Å²) in [7, 11) is 0. The summed E-state index contributed by atoms with van der Waals surface area (Å²) >= 11 is 0. The van der Waals surface area contributed by atoms with Gasteiger partial charge in [-0.1, -0.05) is 24.3 Å². The van der Waals surface area contributed by atoms with Crippen LogP contribution in [0.5, 0.6) is 0 Å². The van der Waals surface area contributed by atoms with Gasteiger partial charge in [0.2, 0.25) is 0 Å². The van der Waals surface area contributed by atoms with Crippen LogP contribution < -0.4 is 0 Å². The molecule has 0 saturated carbocycles. The van der Waals surface area contributed by atoms with Gasteiger partial charge in [-0.15, -0.1) is 0 Å². The van der Waals surface area contributed by atoms with Crippen molar-refractivity contribution >= 4 is 0 Å². The van der Waals surface area contributed by atoms with E-state index < -0.39 is 0 Å². The van der Waals surface area contributed by atoms with Crippen molar-refractivity contribution in [1.29, 1.82) is 0 Å². The second kappa shape index (κ2) is 11.7. The van der Waals surface area contributed by atoms with Gasteiger partial charge < -0.3 is 0 Å². The minimum atomic E-state index is 0. The van der Waals surface area contributed by atoms with Crippen LogP contribution in [0.1, 0.15) is 6.42 Å². The predicted molar refractivity (Wildman–Crippen MR) is 44.9 cm³/mol. The summed E-state index contributed by atoms with van der Waals surface area (Å²) < 4.78 is 0. The molecule has 0 N–H and O–H groups in total. The average molecular weight is 327 g/mol. The molecule has 1 aromatic carbocycles. The molecule has 0 aromatic heterocycles. The Hall–Kier alpha value is 0.726. The van der Waals surface area contributed by atoms with E-state index in [0.717, 1.165) is 6.42 Å². The van der Waals surface area contributed by atoms with Crippen molar-refractivity contribution in [1.82, 2.24) is 0 Å². The van der Waals surface area contributed by atoms with Crippen molar-refractivity contribution in [2.75, 3.05) is 0 Å². The molecule has 0 nitrogen and oxygen atoms in total. The maximum Gasteiger partial charge on any atom is 3.00 e. The molecule has 2 heteroatoms. The van der Waals surface area contributed by atoms with Crippen LogP contribution in [0.15, 0.2) is 54.6 Å². The van der Waals surface area contributed by atoms with Gasteiger partial charge in [0.15, 0.2) is 0 Å². The fourth-order valence-corrected chi connectivity index (χ4v) is 0.714. The molecule has 0 heterocycles. The van der Waals surface area contributed by atoms with Crippen LogP contribution in [0, 0.1) is 41.7 Å². The largest absolute Gasteiger partial charge is 3.00 e. The van der Waals surface area contributed by atoms with Gasteiger partial charge in [-0.3, -0.25) is 0 Å². The Kier molecular flexibility index (Phi) is 14.9. The molecule has 0 bridgehead atoms. The van der Waals surface area contributed by atoms with E-state index in [1.807, 2.05) is 30.3 Å². The molecule has 1 aliphatic carbocycles. The van der Waals surface area contributed by atoms with Gasteiger partial charge in [0.1, 0.15) is 0 Å². The molecule has 59 valence electrons. The zero-order valence-corrected chi connectivity index (χ0v) is 11.0. The molecule has 0 amide bonds. The molecule has 1 radical (unpaired) electrons. The van der Waals surface area contributed by atoms with E-state index in [9.17, 15) is 0 Å². The summed E-state index contributed by atoms with van der Waals surface area (Å²) in [5, 5.41) is 0. The van der Waals surface area contributed by atoms with Crippen LogP contribution in [0.25, 0.3) is 0 Å². The second-order valence-electron chi connectivity index (χ2n) is 2.05. The molecular formula is C10H11CeFe+4. The van der Waals surface area contributed by atoms with Gasteiger partial charge in [-0.05, 0) is 6.42 Å². The molecule has 0 spiro atoms. The van der Waals surface area contributed by atoms with Crippen molar-refractivity contribution in [3.8, 4) is 0 Å². The first-order valence-electron chi connectivity index (χ1n) is 3.48. The van der Waals surface area contributed by atoms with E-state index in [0.29, 0.717) is 0 Å². The Bertz CT molecular complexity index is 172. The second-order valence-corrected chi connectivity index (χ2v) is 2.05. The van der Waals surface area contributed by atoms with E-state index in [-0.39, 0.29) is 58.8 Å². The van der Waals surface area contributed by atoms with Crippen LogP contribution in [0.4, 0.5) is 0 Å². The molecule has 0 aliphatic heterocycles.